The average molecular weight is 580 g/mol. The van der Waals surface area contributed by atoms with Crippen molar-refractivity contribution < 1.29 is 19.2 Å². The lowest BCUT2D eigenvalue weighted by molar-refractivity contribution is -0.136. The summed E-state index contributed by atoms with van der Waals surface area (Å²) in [4.78, 5) is 64.6. The van der Waals surface area contributed by atoms with E-state index in [1.54, 1.807) is 30.6 Å². The monoisotopic (exact) mass is 579 g/mol. The van der Waals surface area contributed by atoms with E-state index in [9.17, 15) is 19.2 Å². The van der Waals surface area contributed by atoms with Gasteiger partial charge in [0.2, 0.25) is 11.8 Å². The summed E-state index contributed by atoms with van der Waals surface area (Å²) in [5.41, 5.74) is 10.3. The molecule has 1 aromatic heterocycles. The Hall–Kier alpha value is -4.93. The van der Waals surface area contributed by atoms with Crippen molar-refractivity contribution in [2.24, 2.45) is 16.6 Å². The van der Waals surface area contributed by atoms with Crippen molar-refractivity contribution in [3.8, 4) is 0 Å². The van der Waals surface area contributed by atoms with Crippen molar-refractivity contribution >= 4 is 52.1 Å². The topological polar surface area (TPSA) is 160 Å². The zero-order chi connectivity index (χ0) is 29.9. The SMILES string of the molecule is NC=C(C=NCCC1CCC(Nc2ccc3c(c2)C(=O)N(C2CCC(=O)NC2=O)C3=O)CC1)c1cnc2ccccc2n1. The summed E-state index contributed by atoms with van der Waals surface area (Å²) < 4.78 is 0. The highest BCUT2D eigenvalue weighted by atomic mass is 16.2. The number of benzene rings is 2. The van der Waals surface area contributed by atoms with E-state index in [1.165, 1.54) is 6.20 Å². The molecule has 2 aliphatic heterocycles. The quantitative estimate of drug-likeness (QED) is 0.270. The fourth-order valence-electron chi connectivity index (χ4n) is 6.10. The summed E-state index contributed by atoms with van der Waals surface area (Å²) in [7, 11) is 0. The lowest BCUT2D eigenvalue weighted by Crippen LogP contribution is -2.54. The molecule has 3 aliphatic rings. The lowest BCUT2D eigenvalue weighted by Gasteiger charge is -2.29. The van der Waals surface area contributed by atoms with Gasteiger partial charge in [-0.2, -0.15) is 0 Å². The molecule has 0 bridgehead atoms. The number of amides is 4. The average Bonchev–Trinajstić information content (AvgIpc) is 3.26. The number of carbonyl (C=O) groups excluding carboxylic acids is 4. The molecule has 2 fully saturated rings. The standard InChI is InChI=1S/C32H33N7O4/c33-16-20(27-18-35-25-3-1-2-4-26(25)37-27)17-34-14-13-19-5-7-21(8-6-19)36-22-9-10-23-24(15-22)32(43)39(31(23)42)28-11-12-29(40)38-30(28)41/h1-4,9-10,15-19,21,28,36H,5-8,11-14,33H2,(H,38,40,41). The summed E-state index contributed by atoms with van der Waals surface area (Å²) in [6.07, 6.45) is 10.3. The van der Waals surface area contributed by atoms with E-state index < -0.39 is 29.7 Å². The molecule has 3 heterocycles. The predicted octanol–water partition coefficient (Wildman–Crippen LogP) is 3.46. The number of nitrogens with one attached hydrogen (secondary N) is 2. The Bertz CT molecular complexity index is 1660. The van der Waals surface area contributed by atoms with Crippen LogP contribution in [0.5, 0.6) is 0 Å². The van der Waals surface area contributed by atoms with E-state index in [0.29, 0.717) is 18.2 Å². The van der Waals surface area contributed by atoms with Gasteiger partial charge in [0, 0.05) is 42.7 Å². The molecule has 1 saturated heterocycles. The van der Waals surface area contributed by atoms with Crippen LogP contribution in [0.15, 0.2) is 59.9 Å². The number of aliphatic imine (C=N–C) groups is 1. The Morgan fingerprint density at radius 3 is 2.53 bits per heavy atom. The molecule has 6 rings (SSSR count). The molecule has 2 aromatic carbocycles. The van der Waals surface area contributed by atoms with Crippen LogP contribution >= 0.6 is 0 Å². The summed E-state index contributed by atoms with van der Waals surface area (Å²) >= 11 is 0. The molecule has 4 N–H and O–H groups in total. The van der Waals surface area contributed by atoms with Crippen molar-refractivity contribution in [2.75, 3.05) is 11.9 Å². The van der Waals surface area contributed by atoms with Gasteiger partial charge in [-0.25, -0.2) is 4.98 Å². The highest BCUT2D eigenvalue weighted by Crippen LogP contribution is 2.32. The number of fused-ring (bicyclic) bond motifs is 2. The first-order valence-electron chi connectivity index (χ1n) is 14.7. The zero-order valence-electron chi connectivity index (χ0n) is 23.7. The van der Waals surface area contributed by atoms with Crippen LogP contribution < -0.4 is 16.4 Å². The van der Waals surface area contributed by atoms with Gasteiger partial charge in [-0.1, -0.05) is 12.1 Å². The molecule has 1 atom stereocenters. The van der Waals surface area contributed by atoms with E-state index in [2.05, 4.69) is 25.6 Å². The van der Waals surface area contributed by atoms with Crippen LogP contribution in [-0.2, 0) is 9.59 Å². The third kappa shape index (κ3) is 5.88. The largest absolute Gasteiger partial charge is 0.404 e. The van der Waals surface area contributed by atoms with Crippen molar-refractivity contribution in [1.29, 1.82) is 0 Å². The van der Waals surface area contributed by atoms with Crippen LogP contribution in [0.3, 0.4) is 0 Å². The Balaban J connectivity index is 0.989. The number of anilines is 1. The van der Waals surface area contributed by atoms with E-state index in [4.69, 9.17) is 5.73 Å². The van der Waals surface area contributed by atoms with Gasteiger partial charge in [0.05, 0.1) is 34.1 Å². The number of aromatic nitrogens is 2. The number of imide groups is 2. The van der Waals surface area contributed by atoms with E-state index in [-0.39, 0.29) is 30.0 Å². The van der Waals surface area contributed by atoms with Gasteiger partial charge >= 0.3 is 0 Å². The molecule has 1 saturated carbocycles. The van der Waals surface area contributed by atoms with Gasteiger partial charge < -0.3 is 11.1 Å². The molecule has 11 heteroatoms. The summed E-state index contributed by atoms with van der Waals surface area (Å²) in [5, 5.41) is 5.75. The van der Waals surface area contributed by atoms with Gasteiger partial charge in [0.25, 0.3) is 11.8 Å². The van der Waals surface area contributed by atoms with Crippen molar-refractivity contribution in [3.05, 3.63) is 71.7 Å². The minimum absolute atomic E-state index is 0.0952. The first-order chi connectivity index (χ1) is 20.9. The normalized spacial score (nSPS) is 22.7. The number of piperidine rings is 1. The number of hydrogen-bond acceptors (Lipinski definition) is 9. The van der Waals surface area contributed by atoms with Crippen molar-refractivity contribution in [3.63, 3.8) is 0 Å². The third-order valence-electron chi connectivity index (χ3n) is 8.48. The Labute approximate surface area is 248 Å². The fraction of sp³-hybridized carbons (Fsp3) is 0.344. The number of para-hydroxylation sites is 2. The Morgan fingerprint density at radius 1 is 1.00 bits per heavy atom. The molecule has 4 amide bonds. The third-order valence-corrected chi connectivity index (χ3v) is 8.48. The first kappa shape index (κ1) is 28.2. The lowest BCUT2D eigenvalue weighted by atomic mass is 9.84. The highest BCUT2D eigenvalue weighted by molar-refractivity contribution is 6.23. The molecule has 1 unspecified atom stereocenters. The van der Waals surface area contributed by atoms with Gasteiger partial charge in [-0.15, -0.1) is 0 Å². The first-order valence-corrected chi connectivity index (χ1v) is 14.7. The van der Waals surface area contributed by atoms with Crippen LogP contribution in [0.1, 0.15) is 71.4 Å². The molecule has 3 aromatic rings. The van der Waals surface area contributed by atoms with Gasteiger partial charge in [0.15, 0.2) is 0 Å². The number of rotatable bonds is 8. The summed E-state index contributed by atoms with van der Waals surface area (Å²) in [6, 6.07) is 12.1. The number of nitrogens with two attached hydrogens (primary N) is 1. The second-order valence-corrected chi connectivity index (χ2v) is 11.3. The van der Waals surface area contributed by atoms with E-state index in [0.717, 1.165) is 59.3 Å². The maximum absolute atomic E-state index is 13.1. The number of nitrogens with zero attached hydrogens (tertiary/aromatic N) is 4. The molecule has 0 radical (unpaired) electrons. The number of carbonyl (C=O) groups is 4. The minimum atomic E-state index is -0.966. The van der Waals surface area contributed by atoms with Crippen LogP contribution in [-0.4, -0.2) is 63.3 Å². The molecule has 220 valence electrons. The van der Waals surface area contributed by atoms with E-state index >= 15 is 0 Å². The Morgan fingerprint density at radius 2 is 1.77 bits per heavy atom. The number of allylic oxidation sites excluding steroid dienone is 1. The minimum Gasteiger partial charge on any atom is -0.404 e. The van der Waals surface area contributed by atoms with Crippen LogP contribution in [0.2, 0.25) is 0 Å². The van der Waals surface area contributed by atoms with Crippen molar-refractivity contribution in [1.82, 2.24) is 20.2 Å². The van der Waals surface area contributed by atoms with Crippen LogP contribution in [0.25, 0.3) is 16.6 Å². The number of hydrogen-bond donors (Lipinski definition) is 3. The highest BCUT2D eigenvalue weighted by Gasteiger charge is 2.44. The van der Waals surface area contributed by atoms with Crippen LogP contribution in [0.4, 0.5) is 5.69 Å². The predicted molar refractivity (Wildman–Crippen MR) is 162 cm³/mol. The zero-order valence-corrected chi connectivity index (χ0v) is 23.7. The maximum atomic E-state index is 13.1. The molecular weight excluding hydrogens is 546 g/mol. The molecule has 0 spiro atoms. The smallest absolute Gasteiger partial charge is 0.262 e. The molecular formula is C32H33N7O4. The van der Waals surface area contributed by atoms with E-state index in [1.807, 2.05) is 24.3 Å². The second-order valence-electron chi connectivity index (χ2n) is 11.3. The van der Waals surface area contributed by atoms with Gasteiger partial charge in [0.1, 0.15) is 6.04 Å². The summed E-state index contributed by atoms with van der Waals surface area (Å²) in [6.45, 7) is 0.700. The Kier molecular flexibility index (Phi) is 7.95. The molecule has 1 aliphatic carbocycles. The summed E-state index contributed by atoms with van der Waals surface area (Å²) in [5.74, 6) is -1.42. The maximum Gasteiger partial charge on any atom is 0.262 e. The van der Waals surface area contributed by atoms with Gasteiger partial charge in [-0.3, -0.25) is 39.4 Å². The van der Waals surface area contributed by atoms with Gasteiger partial charge in [-0.05, 0) is 74.8 Å². The van der Waals surface area contributed by atoms with Crippen LogP contribution in [0, 0.1) is 5.92 Å². The molecule has 43 heavy (non-hydrogen) atoms. The fourth-order valence-corrected chi connectivity index (χ4v) is 6.10. The van der Waals surface area contributed by atoms with Crippen molar-refractivity contribution in [2.45, 2.75) is 57.0 Å². The molecule has 11 nitrogen and oxygen atoms in total. The second kappa shape index (κ2) is 12.1.